The Bertz CT molecular complexity index is 1660. The average Bonchev–Trinajstić information content (AvgIpc) is 3.13. The van der Waals surface area contributed by atoms with E-state index in [1.54, 1.807) is 24.3 Å². The molecular formula is C34H28N2O3. The Morgan fingerprint density at radius 2 is 1.31 bits per heavy atom. The highest BCUT2D eigenvalue weighted by Gasteiger charge is 2.69. The summed E-state index contributed by atoms with van der Waals surface area (Å²) in [5.41, 5.74) is 6.89. The van der Waals surface area contributed by atoms with Crippen LogP contribution in [0.3, 0.4) is 0 Å². The molecule has 4 aromatic carbocycles. The van der Waals surface area contributed by atoms with Gasteiger partial charge in [-0.3, -0.25) is 14.4 Å². The van der Waals surface area contributed by atoms with Crippen LogP contribution in [0.4, 0.5) is 11.4 Å². The van der Waals surface area contributed by atoms with Crippen LogP contribution in [0.25, 0.3) is 0 Å². The van der Waals surface area contributed by atoms with Crippen LogP contribution in [-0.2, 0) is 9.59 Å². The molecule has 5 nitrogen and oxygen atoms in total. The number of rotatable bonds is 3. The first kappa shape index (κ1) is 23.6. The molecule has 3 aliphatic carbocycles. The molecule has 2 bridgehead atoms. The molecular weight excluding hydrogens is 484 g/mol. The summed E-state index contributed by atoms with van der Waals surface area (Å²) in [6.07, 6.45) is 0. The molecule has 0 saturated carbocycles. The highest BCUT2D eigenvalue weighted by molar-refractivity contribution is 6.27. The van der Waals surface area contributed by atoms with E-state index >= 15 is 0 Å². The summed E-state index contributed by atoms with van der Waals surface area (Å²) in [6, 6.07) is 29.1. The number of para-hydroxylation sites is 1. The van der Waals surface area contributed by atoms with Crippen molar-refractivity contribution in [3.8, 4) is 0 Å². The molecule has 0 unspecified atom stereocenters. The normalized spacial score (nSPS) is 24.3. The molecule has 2 atom stereocenters. The van der Waals surface area contributed by atoms with E-state index < -0.39 is 11.3 Å². The zero-order valence-corrected chi connectivity index (χ0v) is 22.1. The Labute approximate surface area is 227 Å². The van der Waals surface area contributed by atoms with Crippen LogP contribution in [0, 0.1) is 25.2 Å². The highest BCUT2D eigenvalue weighted by atomic mass is 16.2. The van der Waals surface area contributed by atoms with Gasteiger partial charge in [0.25, 0.3) is 5.91 Å². The predicted octanol–water partition coefficient (Wildman–Crippen LogP) is 6.34. The van der Waals surface area contributed by atoms with Crippen LogP contribution >= 0.6 is 0 Å². The number of nitrogens with zero attached hydrogens (tertiary/aromatic N) is 1. The number of nitrogens with one attached hydrogen (secondary N) is 1. The van der Waals surface area contributed by atoms with Crippen molar-refractivity contribution in [2.45, 2.75) is 32.6 Å². The van der Waals surface area contributed by atoms with Gasteiger partial charge in [-0.25, -0.2) is 4.90 Å². The number of benzene rings is 4. The monoisotopic (exact) mass is 512 g/mol. The molecule has 4 aromatic rings. The Morgan fingerprint density at radius 1 is 0.769 bits per heavy atom. The number of amides is 3. The van der Waals surface area contributed by atoms with Gasteiger partial charge in [0.05, 0.1) is 22.6 Å². The molecule has 1 fully saturated rings. The number of aryl methyl sites for hydroxylation is 2. The topological polar surface area (TPSA) is 66.5 Å². The summed E-state index contributed by atoms with van der Waals surface area (Å²) in [7, 11) is 0. The number of imide groups is 1. The third-order valence-electron chi connectivity index (χ3n) is 8.88. The summed E-state index contributed by atoms with van der Waals surface area (Å²) in [5, 5.41) is 2.98. The standard InChI is InChI=1S/C34H28N2O3/c1-19-16-20(2)18-21(17-19)35-31(37)26-14-8-9-15-27(26)36-32(38)30-28-22-10-4-6-12-24(22)29(34(30,3)33(36)39)25-13-7-5-11-23(25)28/h4-18,28-30H,1-3H3,(H,35,37)/t28?,29?,30-,34-/m1/s1. The maximum atomic E-state index is 14.5. The Balaban J connectivity index is 1.34. The van der Waals surface area contributed by atoms with E-state index in [0.717, 1.165) is 33.4 Å². The molecule has 1 heterocycles. The second-order valence-corrected chi connectivity index (χ2v) is 11.3. The maximum absolute atomic E-state index is 14.5. The van der Waals surface area contributed by atoms with Crippen LogP contribution in [0.5, 0.6) is 0 Å². The van der Waals surface area contributed by atoms with Crippen molar-refractivity contribution in [1.82, 2.24) is 0 Å². The Morgan fingerprint density at radius 3 is 1.92 bits per heavy atom. The first-order valence-electron chi connectivity index (χ1n) is 13.4. The molecule has 1 saturated heterocycles. The number of carbonyl (C=O) groups excluding carboxylic acids is 3. The lowest BCUT2D eigenvalue weighted by molar-refractivity contribution is -0.128. The minimum absolute atomic E-state index is 0.217. The summed E-state index contributed by atoms with van der Waals surface area (Å²) >= 11 is 0. The van der Waals surface area contributed by atoms with Crippen molar-refractivity contribution in [3.63, 3.8) is 0 Å². The highest BCUT2D eigenvalue weighted by Crippen LogP contribution is 2.67. The van der Waals surface area contributed by atoms with Gasteiger partial charge < -0.3 is 5.32 Å². The van der Waals surface area contributed by atoms with Gasteiger partial charge in [-0.1, -0.05) is 66.7 Å². The van der Waals surface area contributed by atoms with Crippen molar-refractivity contribution in [2.75, 3.05) is 10.2 Å². The largest absolute Gasteiger partial charge is 0.322 e. The van der Waals surface area contributed by atoms with Gasteiger partial charge in [0, 0.05) is 17.5 Å². The van der Waals surface area contributed by atoms with Crippen LogP contribution in [0.2, 0.25) is 0 Å². The molecule has 192 valence electrons. The molecule has 5 heteroatoms. The summed E-state index contributed by atoms with van der Waals surface area (Å²) in [5.74, 6) is -1.85. The fraction of sp³-hybridized carbons (Fsp3) is 0.206. The smallest absolute Gasteiger partial charge is 0.257 e. The van der Waals surface area contributed by atoms with E-state index in [4.69, 9.17) is 0 Å². The van der Waals surface area contributed by atoms with E-state index in [-0.39, 0.29) is 29.6 Å². The lowest BCUT2D eigenvalue weighted by Crippen LogP contribution is -2.49. The molecule has 8 rings (SSSR count). The van der Waals surface area contributed by atoms with Gasteiger partial charge in [-0.2, -0.15) is 0 Å². The van der Waals surface area contributed by atoms with E-state index in [1.807, 2.05) is 63.2 Å². The molecule has 0 radical (unpaired) electrons. The minimum Gasteiger partial charge on any atom is -0.322 e. The fourth-order valence-electron chi connectivity index (χ4n) is 7.45. The fourth-order valence-corrected chi connectivity index (χ4v) is 7.45. The number of hydrogen-bond acceptors (Lipinski definition) is 3. The van der Waals surface area contributed by atoms with Gasteiger partial charge in [0.1, 0.15) is 0 Å². The lowest BCUT2D eigenvalue weighted by Gasteiger charge is -2.51. The second kappa shape index (κ2) is 8.24. The summed E-state index contributed by atoms with van der Waals surface area (Å²) in [6.45, 7) is 5.90. The van der Waals surface area contributed by atoms with Crippen LogP contribution in [-0.4, -0.2) is 17.7 Å². The first-order valence-corrected chi connectivity index (χ1v) is 13.4. The summed E-state index contributed by atoms with van der Waals surface area (Å²) in [4.78, 5) is 43.7. The molecule has 1 N–H and O–H groups in total. The predicted molar refractivity (Wildman–Crippen MR) is 151 cm³/mol. The SMILES string of the molecule is Cc1cc(C)cc(NC(=O)c2ccccc2N2C(=O)[C@H]3C4c5ccccc5C(c5ccccc54)[C@@]3(C)C2=O)c1. The van der Waals surface area contributed by atoms with Crippen molar-refractivity contribution < 1.29 is 14.4 Å². The van der Waals surface area contributed by atoms with Crippen molar-refractivity contribution in [1.29, 1.82) is 0 Å². The van der Waals surface area contributed by atoms with Gasteiger partial charge >= 0.3 is 0 Å². The molecule has 3 amide bonds. The minimum atomic E-state index is -0.957. The zero-order chi connectivity index (χ0) is 27.1. The molecule has 1 aliphatic heterocycles. The van der Waals surface area contributed by atoms with Crippen molar-refractivity contribution >= 4 is 29.1 Å². The third-order valence-corrected chi connectivity index (χ3v) is 8.88. The van der Waals surface area contributed by atoms with Crippen molar-refractivity contribution in [3.05, 3.63) is 130 Å². The number of anilines is 2. The number of carbonyl (C=O) groups is 3. The molecule has 4 aliphatic rings. The van der Waals surface area contributed by atoms with Crippen LogP contribution in [0.1, 0.15) is 62.5 Å². The van der Waals surface area contributed by atoms with Gasteiger partial charge in [0.2, 0.25) is 11.8 Å². The number of hydrogen-bond donors (Lipinski definition) is 1. The average molecular weight is 513 g/mol. The van der Waals surface area contributed by atoms with Gasteiger partial charge in [0.15, 0.2) is 0 Å². The van der Waals surface area contributed by atoms with Gasteiger partial charge in [-0.15, -0.1) is 0 Å². The van der Waals surface area contributed by atoms with Crippen molar-refractivity contribution in [2.24, 2.45) is 11.3 Å². The van der Waals surface area contributed by atoms with E-state index in [0.29, 0.717) is 16.9 Å². The van der Waals surface area contributed by atoms with E-state index in [2.05, 4.69) is 29.6 Å². The first-order chi connectivity index (χ1) is 18.8. The molecule has 39 heavy (non-hydrogen) atoms. The Kier molecular flexibility index (Phi) is 4.99. The Hall–Kier alpha value is -4.51. The molecule has 0 aromatic heterocycles. The maximum Gasteiger partial charge on any atom is 0.257 e. The quantitative estimate of drug-likeness (QED) is 0.326. The summed E-state index contributed by atoms with van der Waals surface area (Å²) < 4.78 is 0. The second-order valence-electron chi connectivity index (χ2n) is 11.3. The van der Waals surface area contributed by atoms with Crippen LogP contribution in [0.15, 0.2) is 91.0 Å². The van der Waals surface area contributed by atoms with E-state index in [9.17, 15) is 14.4 Å². The zero-order valence-electron chi connectivity index (χ0n) is 22.1. The third kappa shape index (κ3) is 3.16. The lowest BCUT2D eigenvalue weighted by atomic mass is 9.48. The van der Waals surface area contributed by atoms with Crippen LogP contribution < -0.4 is 10.2 Å². The molecule has 0 spiro atoms. The van der Waals surface area contributed by atoms with E-state index in [1.165, 1.54) is 4.90 Å². The van der Waals surface area contributed by atoms with Gasteiger partial charge in [-0.05, 0) is 78.4 Å².